The van der Waals surface area contributed by atoms with E-state index in [0.29, 0.717) is 6.42 Å². The topological polar surface area (TPSA) is 99.3 Å². The number of benzene rings is 2. The maximum Gasteiger partial charge on any atom is 0.238 e. The van der Waals surface area contributed by atoms with Crippen LogP contribution in [0.4, 0.5) is 5.69 Å². The van der Waals surface area contributed by atoms with Crippen molar-refractivity contribution in [2.75, 3.05) is 5.32 Å². The van der Waals surface area contributed by atoms with Crippen molar-refractivity contribution in [2.45, 2.75) is 39.5 Å². The lowest BCUT2D eigenvalue weighted by Crippen LogP contribution is -2.48. The first kappa shape index (κ1) is 23.0. The van der Waals surface area contributed by atoms with Crippen LogP contribution in [-0.2, 0) is 20.8 Å². The van der Waals surface area contributed by atoms with Crippen LogP contribution >= 0.6 is 12.2 Å². The fourth-order valence-corrected chi connectivity index (χ4v) is 2.79. The SMILES string of the molecule is Cc1ccc(C)c(NC(=O)CCC(=O)NNC(=S)NC(=O)CCc2ccccc2)c1. The van der Waals surface area contributed by atoms with E-state index < -0.39 is 5.91 Å². The summed E-state index contributed by atoms with van der Waals surface area (Å²) < 4.78 is 0. The molecule has 4 N–H and O–H groups in total. The highest BCUT2D eigenvalue weighted by Crippen LogP contribution is 2.16. The highest BCUT2D eigenvalue weighted by Gasteiger charge is 2.10. The van der Waals surface area contributed by atoms with Gasteiger partial charge in [-0.15, -0.1) is 0 Å². The van der Waals surface area contributed by atoms with Crippen LogP contribution in [0.1, 0.15) is 36.0 Å². The molecule has 2 rings (SSSR count). The number of hydrazine groups is 1. The molecule has 0 saturated heterocycles. The van der Waals surface area contributed by atoms with E-state index in [1.807, 2.05) is 62.4 Å². The van der Waals surface area contributed by atoms with Gasteiger partial charge in [0.05, 0.1) is 0 Å². The van der Waals surface area contributed by atoms with E-state index in [1.54, 1.807) is 0 Å². The number of aryl methyl sites for hydroxylation is 3. The van der Waals surface area contributed by atoms with Crippen molar-refractivity contribution in [3.05, 3.63) is 65.2 Å². The minimum absolute atomic E-state index is 0.00116. The van der Waals surface area contributed by atoms with Crippen LogP contribution in [0.2, 0.25) is 0 Å². The van der Waals surface area contributed by atoms with Gasteiger partial charge in [-0.05, 0) is 55.2 Å². The lowest BCUT2D eigenvalue weighted by atomic mass is 10.1. The Morgan fingerprint density at radius 1 is 0.833 bits per heavy atom. The zero-order valence-electron chi connectivity index (χ0n) is 17.1. The molecule has 3 amide bonds. The van der Waals surface area contributed by atoms with E-state index in [1.165, 1.54) is 0 Å². The molecule has 0 heterocycles. The van der Waals surface area contributed by atoms with Crippen molar-refractivity contribution in [2.24, 2.45) is 0 Å². The minimum atomic E-state index is -0.410. The number of hydrogen-bond donors (Lipinski definition) is 4. The molecular weight excluding hydrogens is 400 g/mol. The first-order valence-corrected chi connectivity index (χ1v) is 10.0. The molecule has 0 aliphatic rings. The molecule has 158 valence electrons. The summed E-state index contributed by atoms with van der Waals surface area (Å²) in [6.45, 7) is 3.85. The van der Waals surface area contributed by atoms with E-state index in [0.717, 1.165) is 22.4 Å². The van der Waals surface area contributed by atoms with Gasteiger partial charge in [-0.1, -0.05) is 42.5 Å². The third-order valence-electron chi connectivity index (χ3n) is 4.30. The molecular formula is C22H26N4O3S. The Labute approximate surface area is 181 Å². The van der Waals surface area contributed by atoms with Crippen LogP contribution in [0, 0.1) is 13.8 Å². The Bertz CT molecular complexity index is 916. The lowest BCUT2D eigenvalue weighted by Gasteiger charge is -2.11. The van der Waals surface area contributed by atoms with Crippen molar-refractivity contribution in [1.82, 2.24) is 16.2 Å². The van der Waals surface area contributed by atoms with Crippen LogP contribution in [0.5, 0.6) is 0 Å². The summed E-state index contributed by atoms with van der Waals surface area (Å²) in [7, 11) is 0. The third-order valence-corrected chi connectivity index (χ3v) is 4.50. The molecule has 8 heteroatoms. The van der Waals surface area contributed by atoms with Crippen LogP contribution in [0.3, 0.4) is 0 Å². The average molecular weight is 427 g/mol. The lowest BCUT2D eigenvalue weighted by molar-refractivity contribution is -0.124. The molecule has 2 aromatic rings. The molecule has 0 spiro atoms. The van der Waals surface area contributed by atoms with Crippen molar-refractivity contribution < 1.29 is 14.4 Å². The van der Waals surface area contributed by atoms with Gasteiger partial charge >= 0.3 is 0 Å². The molecule has 0 aromatic heterocycles. The molecule has 0 aliphatic heterocycles. The average Bonchev–Trinajstić information content (AvgIpc) is 2.72. The number of hydrogen-bond acceptors (Lipinski definition) is 4. The Balaban J connectivity index is 1.63. The van der Waals surface area contributed by atoms with Gasteiger partial charge < -0.3 is 10.6 Å². The largest absolute Gasteiger partial charge is 0.326 e. The van der Waals surface area contributed by atoms with E-state index in [4.69, 9.17) is 12.2 Å². The number of amides is 3. The van der Waals surface area contributed by atoms with Gasteiger partial charge in [-0.25, -0.2) is 0 Å². The molecule has 30 heavy (non-hydrogen) atoms. The van der Waals surface area contributed by atoms with Crippen molar-refractivity contribution in [1.29, 1.82) is 0 Å². The highest BCUT2D eigenvalue weighted by molar-refractivity contribution is 7.80. The quantitative estimate of drug-likeness (QED) is 0.403. The molecule has 2 aromatic carbocycles. The minimum Gasteiger partial charge on any atom is -0.326 e. The van der Waals surface area contributed by atoms with Gasteiger partial charge in [-0.2, -0.15) is 0 Å². The summed E-state index contributed by atoms with van der Waals surface area (Å²) in [6, 6.07) is 15.4. The first-order valence-electron chi connectivity index (χ1n) is 9.63. The Hall–Kier alpha value is -3.26. The second-order valence-electron chi connectivity index (χ2n) is 6.90. The fraction of sp³-hybridized carbons (Fsp3) is 0.273. The number of anilines is 1. The zero-order chi connectivity index (χ0) is 21.9. The Kier molecular flexibility index (Phi) is 8.96. The van der Waals surface area contributed by atoms with Gasteiger partial charge in [0.2, 0.25) is 17.7 Å². The summed E-state index contributed by atoms with van der Waals surface area (Å²) in [6.07, 6.45) is 0.876. The Morgan fingerprint density at radius 2 is 1.53 bits per heavy atom. The third kappa shape index (κ3) is 8.40. The molecule has 0 radical (unpaired) electrons. The number of thiocarbonyl (C=S) groups is 1. The number of carbonyl (C=O) groups is 3. The molecule has 0 bridgehead atoms. The van der Waals surface area contributed by atoms with Crippen LogP contribution in [0.15, 0.2) is 48.5 Å². The fourth-order valence-electron chi connectivity index (χ4n) is 2.62. The van der Waals surface area contributed by atoms with Gasteiger partial charge in [0.15, 0.2) is 5.11 Å². The molecule has 0 aliphatic carbocycles. The van der Waals surface area contributed by atoms with E-state index in [9.17, 15) is 14.4 Å². The zero-order valence-corrected chi connectivity index (χ0v) is 17.9. The Morgan fingerprint density at radius 3 is 2.27 bits per heavy atom. The predicted molar refractivity (Wildman–Crippen MR) is 121 cm³/mol. The normalized spacial score (nSPS) is 10.1. The van der Waals surface area contributed by atoms with Crippen molar-refractivity contribution in [3.8, 4) is 0 Å². The summed E-state index contributed by atoms with van der Waals surface area (Å²) in [5.74, 6) is -0.916. The van der Waals surface area contributed by atoms with Gasteiger partial charge in [0.25, 0.3) is 0 Å². The smallest absolute Gasteiger partial charge is 0.238 e. The van der Waals surface area contributed by atoms with E-state index >= 15 is 0 Å². The molecule has 0 atom stereocenters. The first-order chi connectivity index (χ1) is 14.3. The molecule has 0 unspecified atom stereocenters. The van der Waals surface area contributed by atoms with Gasteiger partial charge in [0, 0.05) is 24.9 Å². The van der Waals surface area contributed by atoms with Crippen molar-refractivity contribution >= 4 is 40.7 Å². The van der Waals surface area contributed by atoms with E-state index in [-0.39, 0.29) is 36.2 Å². The summed E-state index contributed by atoms with van der Waals surface area (Å²) in [5.41, 5.74) is 8.63. The van der Waals surface area contributed by atoms with E-state index in [2.05, 4.69) is 21.5 Å². The second kappa shape index (κ2) is 11.7. The predicted octanol–water partition coefficient (Wildman–Crippen LogP) is 2.68. The number of nitrogens with one attached hydrogen (secondary N) is 4. The van der Waals surface area contributed by atoms with Gasteiger partial charge in [-0.3, -0.25) is 25.2 Å². The standard InChI is InChI=1S/C22H26N4O3S/c1-15-8-9-16(2)18(14-15)23-19(27)12-13-21(29)25-26-22(30)24-20(28)11-10-17-6-4-3-5-7-17/h3-9,14H,10-13H2,1-2H3,(H,23,27)(H,25,29)(H2,24,26,28,30). The molecule has 7 nitrogen and oxygen atoms in total. The van der Waals surface area contributed by atoms with Gasteiger partial charge in [0.1, 0.15) is 0 Å². The second-order valence-corrected chi connectivity index (χ2v) is 7.31. The maximum atomic E-state index is 12.1. The maximum absolute atomic E-state index is 12.1. The van der Waals surface area contributed by atoms with Crippen LogP contribution in [0.25, 0.3) is 0 Å². The molecule has 0 fully saturated rings. The summed E-state index contributed by atoms with van der Waals surface area (Å²) >= 11 is 4.99. The summed E-state index contributed by atoms with van der Waals surface area (Å²) in [4.78, 5) is 35.9. The van der Waals surface area contributed by atoms with Crippen molar-refractivity contribution in [3.63, 3.8) is 0 Å². The number of rotatable bonds is 7. The molecule has 0 saturated carbocycles. The summed E-state index contributed by atoms with van der Waals surface area (Å²) in [5, 5.41) is 5.31. The number of carbonyl (C=O) groups excluding carboxylic acids is 3. The van der Waals surface area contributed by atoms with Crippen LogP contribution in [-0.4, -0.2) is 22.8 Å². The monoisotopic (exact) mass is 426 g/mol. The highest BCUT2D eigenvalue weighted by atomic mass is 32.1. The van der Waals surface area contributed by atoms with Crippen LogP contribution < -0.4 is 21.5 Å².